The zero-order valence-electron chi connectivity index (χ0n) is 10.4. The van der Waals surface area contributed by atoms with E-state index in [2.05, 4.69) is 35.4 Å². The third kappa shape index (κ3) is 4.95. The van der Waals surface area contributed by atoms with Crippen LogP contribution >= 0.6 is 12.0 Å². The Balaban J connectivity index is 2.34. The fraction of sp³-hybridized carbons (Fsp3) is 0.500. The topological polar surface area (TPSA) is 47.9 Å². The molecule has 96 valence electrons. The predicted molar refractivity (Wildman–Crippen MR) is 68.0 cm³/mol. The zero-order chi connectivity index (χ0) is 12.7. The van der Waals surface area contributed by atoms with Crippen molar-refractivity contribution < 1.29 is 19.4 Å². The van der Waals surface area contributed by atoms with Gasteiger partial charge in [-0.3, -0.25) is 0 Å². The highest BCUT2D eigenvalue weighted by atomic mass is 32.2. The largest absolute Gasteiger partial charge is 0.493 e. The number of ether oxygens (including phenoxy) is 1. The summed E-state index contributed by atoms with van der Waals surface area (Å²) in [4.78, 5) is 0. The Morgan fingerprint density at radius 1 is 1.12 bits per heavy atom. The maximum absolute atomic E-state index is 7.92. The molecule has 1 aromatic rings. The minimum Gasteiger partial charge on any atom is -0.493 e. The van der Waals surface area contributed by atoms with Gasteiger partial charge in [-0.1, -0.05) is 11.1 Å². The summed E-state index contributed by atoms with van der Waals surface area (Å²) >= 11 is 1.05. The van der Waals surface area contributed by atoms with Crippen molar-refractivity contribution >= 4 is 12.0 Å². The molecule has 0 spiro atoms. The van der Waals surface area contributed by atoms with Crippen molar-refractivity contribution in [3.05, 3.63) is 28.8 Å². The monoisotopic (exact) mass is 258 g/mol. The molecule has 0 unspecified atom stereocenters. The van der Waals surface area contributed by atoms with E-state index in [1.165, 1.54) is 11.1 Å². The van der Waals surface area contributed by atoms with E-state index in [1.807, 2.05) is 6.92 Å². The van der Waals surface area contributed by atoms with E-state index >= 15 is 0 Å². The Labute approximate surface area is 106 Å². The second kappa shape index (κ2) is 7.55. The molecule has 0 heterocycles. The van der Waals surface area contributed by atoms with Gasteiger partial charge in [-0.05, 0) is 49.9 Å². The van der Waals surface area contributed by atoms with Crippen molar-refractivity contribution in [1.82, 2.24) is 0 Å². The molecule has 5 heteroatoms. The van der Waals surface area contributed by atoms with Gasteiger partial charge in [0, 0.05) is 17.8 Å². The van der Waals surface area contributed by atoms with Gasteiger partial charge in [0.05, 0.1) is 6.61 Å². The van der Waals surface area contributed by atoms with E-state index in [-0.39, 0.29) is 0 Å². The van der Waals surface area contributed by atoms with Gasteiger partial charge in [-0.25, -0.2) is 5.26 Å². The van der Waals surface area contributed by atoms with E-state index in [9.17, 15) is 0 Å². The van der Waals surface area contributed by atoms with Crippen LogP contribution in [0, 0.1) is 20.8 Å². The summed E-state index contributed by atoms with van der Waals surface area (Å²) in [6, 6.07) is 4.19. The van der Waals surface area contributed by atoms with E-state index in [0.29, 0.717) is 12.4 Å². The molecule has 1 N–H and O–H groups in total. The predicted octanol–water partition coefficient (Wildman–Crippen LogP) is 3.45. The van der Waals surface area contributed by atoms with Crippen LogP contribution in [0.25, 0.3) is 0 Å². The van der Waals surface area contributed by atoms with Gasteiger partial charge in [0.25, 0.3) is 0 Å². The second-order valence-electron chi connectivity index (χ2n) is 3.87. The van der Waals surface area contributed by atoms with Crippen LogP contribution in [0.1, 0.15) is 23.1 Å². The number of aryl methyl sites for hydroxylation is 3. The molecule has 0 fully saturated rings. The molecule has 0 aliphatic carbocycles. The summed E-state index contributed by atoms with van der Waals surface area (Å²) in [5.74, 6) is 1.63. The summed E-state index contributed by atoms with van der Waals surface area (Å²) in [7, 11) is 0. The van der Waals surface area contributed by atoms with Gasteiger partial charge >= 0.3 is 0 Å². The summed E-state index contributed by atoms with van der Waals surface area (Å²) < 4.78 is 9.94. The Morgan fingerprint density at radius 2 is 1.82 bits per heavy atom. The van der Waals surface area contributed by atoms with E-state index in [4.69, 9.17) is 9.99 Å². The molecule has 0 aromatic heterocycles. The standard InChI is InChI=1S/C12H18O4S/c1-9-7-11(3)12(8-10(9)2)14-5-4-6-17-16-15-13/h7-8,13H,4-6H2,1-3H3. The molecule has 1 rings (SSSR count). The van der Waals surface area contributed by atoms with E-state index in [0.717, 1.165) is 29.8 Å². The van der Waals surface area contributed by atoms with Crippen LogP contribution in [0.2, 0.25) is 0 Å². The highest BCUT2D eigenvalue weighted by molar-refractivity contribution is 7.94. The highest BCUT2D eigenvalue weighted by Crippen LogP contribution is 2.22. The molecule has 0 aliphatic rings. The maximum Gasteiger partial charge on any atom is 0.122 e. The molecule has 0 bridgehead atoms. The van der Waals surface area contributed by atoms with Crippen molar-refractivity contribution in [3.63, 3.8) is 0 Å². The average molecular weight is 258 g/mol. The van der Waals surface area contributed by atoms with Gasteiger partial charge in [0.2, 0.25) is 0 Å². The highest BCUT2D eigenvalue weighted by Gasteiger charge is 2.02. The van der Waals surface area contributed by atoms with Crippen molar-refractivity contribution in [2.24, 2.45) is 0 Å². The molecular weight excluding hydrogens is 240 g/mol. The van der Waals surface area contributed by atoms with Crippen LogP contribution in [-0.2, 0) is 9.37 Å². The van der Waals surface area contributed by atoms with E-state index < -0.39 is 0 Å². The molecule has 1 aromatic carbocycles. The van der Waals surface area contributed by atoms with Crippen molar-refractivity contribution in [2.45, 2.75) is 27.2 Å². The molecule has 0 saturated heterocycles. The molecule has 0 amide bonds. The summed E-state index contributed by atoms with van der Waals surface area (Å²) in [5, 5.41) is 11.4. The Morgan fingerprint density at radius 3 is 2.53 bits per heavy atom. The molecule has 0 radical (unpaired) electrons. The molecule has 4 nitrogen and oxygen atoms in total. The minimum absolute atomic E-state index is 0.616. The Bertz CT molecular complexity index is 355. The first-order chi connectivity index (χ1) is 8.15. The number of benzene rings is 1. The minimum atomic E-state index is 0.616. The van der Waals surface area contributed by atoms with Crippen LogP contribution < -0.4 is 4.74 Å². The normalized spacial score (nSPS) is 10.6. The average Bonchev–Trinajstić information content (AvgIpc) is 2.30. The van der Waals surface area contributed by atoms with Crippen molar-refractivity contribution in [2.75, 3.05) is 12.4 Å². The fourth-order valence-electron chi connectivity index (χ4n) is 1.45. The van der Waals surface area contributed by atoms with E-state index in [1.54, 1.807) is 0 Å². The Kier molecular flexibility index (Phi) is 6.36. The second-order valence-corrected chi connectivity index (χ2v) is 4.65. The lowest BCUT2D eigenvalue weighted by Gasteiger charge is -2.11. The van der Waals surface area contributed by atoms with Gasteiger partial charge in [-0.15, -0.1) is 4.33 Å². The summed E-state index contributed by atoms with van der Waals surface area (Å²) in [5.41, 5.74) is 3.66. The first-order valence-electron chi connectivity index (χ1n) is 5.45. The first-order valence-corrected chi connectivity index (χ1v) is 6.36. The Hall–Kier alpha value is -0.750. The van der Waals surface area contributed by atoms with Gasteiger partial charge in [-0.2, -0.15) is 0 Å². The summed E-state index contributed by atoms with van der Waals surface area (Å²) in [6.45, 7) is 6.82. The lowest BCUT2D eigenvalue weighted by molar-refractivity contribution is -0.432. The SMILES string of the molecule is Cc1cc(C)c(OCCCSOOO)cc1C. The van der Waals surface area contributed by atoms with Crippen LogP contribution in [0.5, 0.6) is 5.75 Å². The molecule has 0 atom stereocenters. The van der Waals surface area contributed by atoms with Crippen LogP contribution in [0.15, 0.2) is 12.1 Å². The van der Waals surface area contributed by atoms with Crippen molar-refractivity contribution in [3.8, 4) is 5.75 Å². The van der Waals surface area contributed by atoms with Crippen LogP contribution in [0.3, 0.4) is 0 Å². The van der Waals surface area contributed by atoms with Crippen LogP contribution in [0.4, 0.5) is 0 Å². The zero-order valence-corrected chi connectivity index (χ0v) is 11.2. The molecule has 17 heavy (non-hydrogen) atoms. The number of hydrogen-bond acceptors (Lipinski definition) is 5. The number of rotatable bonds is 7. The summed E-state index contributed by atoms with van der Waals surface area (Å²) in [6.07, 6.45) is 0.820. The number of hydrogen-bond donors (Lipinski definition) is 1. The molecule has 0 aliphatic heterocycles. The third-order valence-corrected chi connectivity index (χ3v) is 3.11. The smallest absolute Gasteiger partial charge is 0.122 e. The van der Waals surface area contributed by atoms with Crippen molar-refractivity contribution in [1.29, 1.82) is 0 Å². The van der Waals surface area contributed by atoms with Gasteiger partial charge in [0.1, 0.15) is 5.75 Å². The lowest BCUT2D eigenvalue weighted by Crippen LogP contribution is -2.01. The molecule has 0 saturated carbocycles. The third-order valence-electron chi connectivity index (χ3n) is 2.50. The van der Waals surface area contributed by atoms with Gasteiger partial charge in [0.15, 0.2) is 0 Å². The quantitative estimate of drug-likeness (QED) is 0.351. The fourth-order valence-corrected chi connectivity index (χ4v) is 1.79. The lowest BCUT2D eigenvalue weighted by atomic mass is 10.1. The molecular formula is C12H18O4S. The van der Waals surface area contributed by atoms with Crippen LogP contribution in [-0.4, -0.2) is 17.6 Å². The maximum atomic E-state index is 7.92. The van der Waals surface area contributed by atoms with Gasteiger partial charge < -0.3 is 4.74 Å². The first kappa shape index (κ1) is 14.3.